The monoisotopic (exact) mass is 401 g/mol. The summed E-state index contributed by atoms with van der Waals surface area (Å²) in [6, 6.07) is 10.8. The summed E-state index contributed by atoms with van der Waals surface area (Å²) in [5.41, 5.74) is 2.87. The number of rotatable bonds is 7. The molecule has 2 heterocycles. The van der Waals surface area contributed by atoms with E-state index in [9.17, 15) is 13.2 Å². The van der Waals surface area contributed by atoms with Gasteiger partial charge >= 0.3 is 0 Å². The number of carbonyl (C=O) groups excluding carboxylic acids is 1. The van der Waals surface area contributed by atoms with E-state index in [2.05, 4.69) is 9.71 Å². The average Bonchev–Trinajstić information content (AvgIpc) is 2.72. The molecular weight excluding hydrogens is 374 g/mol. The minimum atomic E-state index is -3.60. The fourth-order valence-corrected chi connectivity index (χ4v) is 4.40. The predicted octanol–water partition coefficient (Wildman–Crippen LogP) is 2.53. The molecule has 6 nitrogen and oxygen atoms in total. The predicted molar refractivity (Wildman–Crippen MR) is 108 cm³/mol. The number of hydrogen-bond donors (Lipinski definition) is 1. The summed E-state index contributed by atoms with van der Waals surface area (Å²) in [5.74, 6) is 0.122. The molecule has 1 aliphatic heterocycles. The topological polar surface area (TPSA) is 79.4 Å². The molecule has 0 saturated heterocycles. The molecule has 0 saturated carbocycles. The molecule has 150 valence electrons. The van der Waals surface area contributed by atoms with Gasteiger partial charge < -0.3 is 4.90 Å². The van der Waals surface area contributed by atoms with Gasteiger partial charge in [0.2, 0.25) is 15.9 Å². The van der Waals surface area contributed by atoms with Gasteiger partial charge in [-0.15, -0.1) is 0 Å². The second kappa shape index (κ2) is 8.84. The zero-order valence-electron chi connectivity index (χ0n) is 16.4. The standard InChI is InChI=1S/C21H27N3O3S/c1-3-16(2)21(25)24-13-10-17-7-8-20(14-18(17)15-24)28(26,27)23-12-9-19-6-4-5-11-22-19/h4-8,11,14,16,23H,3,9-10,12-13,15H2,1-2H3/t16-/m0/s1. The molecule has 0 bridgehead atoms. The first-order valence-electron chi connectivity index (χ1n) is 9.71. The van der Waals surface area contributed by atoms with Crippen LogP contribution in [0.15, 0.2) is 47.5 Å². The molecule has 2 aromatic rings. The highest BCUT2D eigenvalue weighted by Crippen LogP contribution is 2.24. The van der Waals surface area contributed by atoms with Crippen LogP contribution in [0.2, 0.25) is 0 Å². The molecule has 1 atom stereocenters. The maximum absolute atomic E-state index is 12.7. The van der Waals surface area contributed by atoms with Gasteiger partial charge in [-0.25, -0.2) is 13.1 Å². The van der Waals surface area contributed by atoms with Gasteiger partial charge in [-0.2, -0.15) is 0 Å². The van der Waals surface area contributed by atoms with Crippen LogP contribution in [-0.4, -0.2) is 37.3 Å². The third-order valence-electron chi connectivity index (χ3n) is 5.25. The third kappa shape index (κ3) is 4.77. The van der Waals surface area contributed by atoms with Gasteiger partial charge in [0.05, 0.1) is 4.90 Å². The van der Waals surface area contributed by atoms with Gasteiger partial charge in [0.1, 0.15) is 0 Å². The number of hydrogen-bond acceptors (Lipinski definition) is 4. The Bertz CT molecular complexity index is 929. The first-order valence-corrected chi connectivity index (χ1v) is 11.2. The molecular formula is C21H27N3O3S. The number of carbonyl (C=O) groups is 1. The molecule has 1 amide bonds. The maximum atomic E-state index is 12.7. The van der Waals surface area contributed by atoms with Crippen LogP contribution in [0.5, 0.6) is 0 Å². The first kappa shape index (κ1) is 20.5. The molecule has 0 radical (unpaired) electrons. The lowest BCUT2D eigenvalue weighted by Crippen LogP contribution is -2.39. The SMILES string of the molecule is CC[C@H](C)C(=O)N1CCc2ccc(S(=O)(=O)NCCc3ccccn3)cc2C1. The number of pyridine rings is 1. The number of aromatic nitrogens is 1. The van der Waals surface area contributed by atoms with E-state index in [0.717, 1.165) is 29.7 Å². The minimum Gasteiger partial charge on any atom is -0.338 e. The highest BCUT2D eigenvalue weighted by Gasteiger charge is 2.25. The second-order valence-electron chi connectivity index (χ2n) is 7.22. The van der Waals surface area contributed by atoms with Crippen LogP contribution in [0.25, 0.3) is 0 Å². The summed E-state index contributed by atoms with van der Waals surface area (Å²) in [7, 11) is -3.60. The van der Waals surface area contributed by atoms with Crippen molar-refractivity contribution in [2.24, 2.45) is 5.92 Å². The number of sulfonamides is 1. The van der Waals surface area contributed by atoms with E-state index in [0.29, 0.717) is 19.5 Å². The summed E-state index contributed by atoms with van der Waals surface area (Å²) in [5, 5.41) is 0. The minimum absolute atomic E-state index is 0.0123. The zero-order chi connectivity index (χ0) is 20.1. The van der Waals surface area contributed by atoms with Crippen LogP contribution in [0, 0.1) is 5.92 Å². The molecule has 0 unspecified atom stereocenters. The lowest BCUT2D eigenvalue weighted by atomic mass is 9.98. The smallest absolute Gasteiger partial charge is 0.240 e. The maximum Gasteiger partial charge on any atom is 0.240 e. The number of amides is 1. The van der Waals surface area contributed by atoms with Crippen LogP contribution in [0.4, 0.5) is 0 Å². The highest BCUT2D eigenvalue weighted by molar-refractivity contribution is 7.89. The Morgan fingerprint density at radius 1 is 1.25 bits per heavy atom. The van der Waals surface area contributed by atoms with Crippen LogP contribution in [0.1, 0.15) is 37.1 Å². The summed E-state index contributed by atoms with van der Waals surface area (Å²) in [6.07, 6.45) is 3.78. The third-order valence-corrected chi connectivity index (χ3v) is 6.70. The fraction of sp³-hybridized carbons (Fsp3) is 0.429. The Labute approximate surface area is 167 Å². The van der Waals surface area contributed by atoms with E-state index in [4.69, 9.17) is 0 Å². The molecule has 1 aliphatic rings. The molecule has 1 aromatic carbocycles. The lowest BCUT2D eigenvalue weighted by molar-refractivity contribution is -0.136. The van der Waals surface area contributed by atoms with E-state index in [1.54, 1.807) is 18.3 Å². The van der Waals surface area contributed by atoms with Crippen LogP contribution < -0.4 is 4.72 Å². The molecule has 0 aliphatic carbocycles. The number of nitrogens with one attached hydrogen (secondary N) is 1. The first-order chi connectivity index (χ1) is 13.4. The van der Waals surface area contributed by atoms with Crippen molar-refractivity contribution in [1.82, 2.24) is 14.6 Å². The largest absolute Gasteiger partial charge is 0.338 e. The van der Waals surface area contributed by atoms with E-state index in [1.807, 2.05) is 43.0 Å². The van der Waals surface area contributed by atoms with Gasteiger partial charge in [-0.3, -0.25) is 9.78 Å². The fourth-order valence-electron chi connectivity index (χ4n) is 3.32. The molecule has 1 aromatic heterocycles. The number of benzene rings is 1. The molecule has 0 fully saturated rings. The van der Waals surface area contributed by atoms with Crippen molar-refractivity contribution in [2.75, 3.05) is 13.1 Å². The molecule has 3 rings (SSSR count). The Hall–Kier alpha value is -2.25. The quantitative estimate of drug-likeness (QED) is 0.773. The number of nitrogens with zero attached hydrogens (tertiary/aromatic N) is 2. The number of fused-ring (bicyclic) bond motifs is 1. The van der Waals surface area contributed by atoms with Gasteiger partial charge in [0.25, 0.3) is 0 Å². The Balaban J connectivity index is 1.69. The highest BCUT2D eigenvalue weighted by atomic mass is 32.2. The van der Waals surface area contributed by atoms with Crippen LogP contribution in [-0.2, 0) is 34.2 Å². The van der Waals surface area contributed by atoms with Gasteiger partial charge in [-0.05, 0) is 48.2 Å². The van der Waals surface area contributed by atoms with Gasteiger partial charge in [0, 0.05) is 43.9 Å². The lowest BCUT2D eigenvalue weighted by Gasteiger charge is -2.31. The van der Waals surface area contributed by atoms with Crippen LogP contribution in [0.3, 0.4) is 0 Å². The second-order valence-corrected chi connectivity index (χ2v) is 8.99. The summed E-state index contributed by atoms with van der Waals surface area (Å²) >= 11 is 0. The normalized spacial score (nSPS) is 15.1. The zero-order valence-corrected chi connectivity index (χ0v) is 17.2. The van der Waals surface area contributed by atoms with Crippen molar-refractivity contribution in [2.45, 2.75) is 44.6 Å². The van der Waals surface area contributed by atoms with E-state index < -0.39 is 10.0 Å². The Morgan fingerprint density at radius 3 is 2.79 bits per heavy atom. The molecule has 1 N–H and O–H groups in total. The van der Waals surface area contributed by atoms with Crippen molar-refractivity contribution in [3.05, 3.63) is 59.4 Å². The Morgan fingerprint density at radius 2 is 2.07 bits per heavy atom. The van der Waals surface area contributed by atoms with E-state index in [-0.39, 0.29) is 23.3 Å². The summed E-state index contributed by atoms with van der Waals surface area (Å²) in [4.78, 5) is 18.8. The molecule has 0 spiro atoms. The van der Waals surface area contributed by atoms with Gasteiger partial charge in [0.15, 0.2) is 0 Å². The molecule has 28 heavy (non-hydrogen) atoms. The summed E-state index contributed by atoms with van der Waals surface area (Å²) < 4.78 is 28.0. The van der Waals surface area contributed by atoms with Crippen molar-refractivity contribution < 1.29 is 13.2 Å². The Kier molecular flexibility index (Phi) is 6.46. The van der Waals surface area contributed by atoms with Crippen molar-refractivity contribution >= 4 is 15.9 Å². The average molecular weight is 402 g/mol. The van der Waals surface area contributed by atoms with Crippen molar-refractivity contribution in [1.29, 1.82) is 0 Å². The molecule has 7 heteroatoms. The van der Waals surface area contributed by atoms with E-state index in [1.165, 1.54) is 0 Å². The van der Waals surface area contributed by atoms with E-state index >= 15 is 0 Å². The summed E-state index contributed by atoms with van der Waals surface area (Å²) in [6.45, 7) is 5.38. The van der Waals surface area contributed by atoms with Crippen molar-refractivity contribution in [3.63, 3.8) is 0 Å². The van der Waals surface area contributed by atoms with Crippen molar-refractivity contribution in [3.8, 4) is 0 Å². The van der Waals surface area contributed by atoms with Gasteiger partial charge in [-0.1, -0.05) is 26.0 Å². The van der Waals surface area contributed by atoms with Crippen LogP contribution >= 0.6 is 0 Å².